The van der Waals surface area contributed by atoms with Gasteiger partial charge in [0.2, 0.25) is 0 Å². The maximum absolute atomic E-state index is 10.7. The van der Waals surface area contributed by atoms with Crippen molar-refractivity contribution in [2.75, 3.05) is 0 Å². The van der Waals surface area contributed by atoms with Crippen LogP contribution in [-0.2, 0) is 0 Å². The fourth-order valence-corrected chi connectivity index (χ4v) is 1.67. The number of carboxylic acid groups (broad SMARTS) is 1. The van der Waals surface area contributed by atoms with E-state index in [1.54, 1.807) is 0 Å². The Morgan fingerprint density at radius 1 is 1.38 bits per heavy atom. The molecule has 0 spiro atoms. The molecule has 5 nitrogen and oxygen atoms in total. The Morgan fingerprint density at radius 2 is 2.00 bits per heavy atom. The highest BCUT2D eigenvalue weighted by Crippen LogP contribution is 2.23. The molecule has 6 heteroatoms. The summed E-state index contributed by atoms with van der Waals surface area (Å²) in [5.41, 5.74) is 0.134. The number of aromatic carboxylic acids is 1. The minimum absolute atomic E-state index is 0.0337. The van der Waals surface area contributed by atoms with E-state index in [2.05, 4.69) is 15.9 Å². The zero-order valence-electron chi connectivity index (χ0n) is 7.96. The minimum Gasteiger partial charge on any atom is -0.478 e. The smallest absolute Gasteiger partial charge is 0.335 e. The monoisotopic (exact) mass is 285 g/mol. The van der Waals surface area contributed by atoms with Crippen LogP contribution in [0.25, 0.3) is 0 Å². The van der Waals surface area contributed by atoms with Crippen molar-refractivity contribution in [1.82, 2.24) is 0 Å². The van der Waals surface area contributed by atoms with Crippen molar-refractivity contribution in [3.63, 3.8) is 0 Å². The second-order valence-corrected chi connectivity index (χ2v) is 4.01. The van der Waals surface area contributed by atoms with E-state index in [0.717, 1.165) is 0 Å². The third-order valence-corrected chi connectivity index (χ3v) is 2.40. The predicted molar refractivity (Wildman–Crippen MR) is 57.7 cm³/mol. The molecule has 3 N–H and O–H groups in total. The van der Waals surface area contributed by atoms with Crippen molar-refractivity contribution in [2.45, 2.75) is 12.2 Å². The van der Waals surface area contributed by atoms with E-state index in [4.69, 9.17) is 15.5 Å². The maximum Gasteiger partial charge on any atom is 0.335 e. The minimum atomic E-state index is -1.59. The van der Waals surface area contributed by atoms with Gasteiger partial charge >= 0.3 is 5.97 Å². The van der Waals surface area contributed by atoms with Gasteiger partial charge in [-0.2, -0.15) is 5.26 Å². The zero-order chi connectivity index (χ0) is 12.3. The first-order valence-corrected chi connectivity index (χ1v) is 5.04. The number of hydrogen-bond acceptors (Lipinski definition) is 4. The Kier molecular flexibility index (Phi) is 4.01. The number of hydrogen-bond donors (Lipinski definition) is 3. The molecule has 0 amide bonds. The lowest BCUT2D eigenvalue weighted by molar-refractivity contribution is 0.0525. The van der Waals surface area contributed by atoms with Gasteiger partial charge in [0.15, 0.2) is 6.10 Å². The van der Waals surface area contributed by atoms with Crippen molar-refractivity contribution < 1.29 is 20.1 Å². The predicted octanol–water partition coefficient (Wildman–Crippen LogP) is 1.07. The number of halogens is 1. The van der Waals surface area contributed by atoms with Gasteiger partial charge in [-0.15, -0.1) is 0 Å². The highest BCUT2D eigenvalue weighted by Gasteiger charge is 2.19. The van der Waals surface area contributed by atoms with E-state index in [-0.39, 0.29) is 11.1 Å². The van der Waals surface area contributed by atoms with E-state index in [1.807, 2.05) is 0 Å². The van der Waals surface area contributed by atoms with Gasteiger partial charge < -0.3 is 15.3 Å². The van der Waals surface area contributed by atoms with Gasteiger partial charge in [0.05, 0.1) is 11.6 Å². The van der Waals surface area contributed by atoms with Crippen molar-refractivity contribution in [3.8, 4) is 6.07 Å². The average molecular weight is 286 g/mol. The normalized spacial score (nSPS) is 13.9. The molecule has 2 atom stereocenters. The van der Waals surface area contributed by atoms with Crippen LogP contribution in [0.15, 0.2) is 22.7 Å². The van der Waals surface area contributed by atoms with Crippen molar-refractivity contribution in [1.29, 1.82) is 5.26 Å². The molecule has 1 aromatic rings. The molecule has 0 heterocycles. The summed E-state index contributed by atoms with van der Waals surface area (Å²) in [6.07, 6.45) is -3.02. The number of carboxylic acids is 1. The Labute approximate surface area is 99.7 Å². The van der Waals surface area contributed by atoms with Crippen LogP contribution >= 0.6 is 15.9 Å². The molecule has 84 valence electrons. The lowest BCUT2D eigenvalue weighted by Crippen LogP contribution is -2.16. The van der Waals surface area contributed by atoms with Crippen LogP contribution in [0.5, 0.6) is 0 Å². The molecule has 1 aromatic carbocycles. The Hall–Kier alpha value is -1.42. The molecule has 0 aliphatic rings. The van der Waals surface area contributed by atoms with Gasteiger partial charge in [-0.05, 0) is 23.8 Å². The largest absolute Gasteiger partial charge is 0.478 e. The third kappa shape index (κ3) is 2.79. The van der Waals surface area contributed by atoms with Crippen LogP contribution in [0.3, 0.4) is 0 Å². The van der Waals surface area contributed by atoms with Crippen LogP contribution < -0.4 is 0 Å². The first kappa shape index (κ1) is 12.6. The number of aliphatic hydroxyl groups is 2. The Balaban J connectivity index is 3.15. The first-order chi connectivity index (χ1) is 7.45. The van der Waals surface area contributed by atoms with Gasteiger partial charge in [-0.1, -0.05) is 15.9 Å². The van der Waals surface area contributed by atoms with Crippen molar-refractivity contribution in [2.24, 2.45) is 0 Å². The van der Waals surface area contributed by atoms with Crippen LogP contribution in [0.2, 0.25) is 0 Å². The second kappa shape index (κ2) is 5.07. The summed E-state index contributed by atoms with van der Waals surface area (Å²) in [5, 5.41) is 35.9. The quantitative estimate of drug-likeness (QED) is 0.721. The molecule has 0 fully saturated rings. The molecule has 0 aliphatic heterocycles. The average Bonchev–Trinajstić information content (AvgIpc) is 2.26. The maximum atomic E-state index is 10.7. The zero-order valence-corrected chi connectivity index (χ0v) is 9.55. The van der Waals surface area contributed by atoms with Crippen LogP contribution in [-0.4, -0.2) is 27.4 Å². The number of benzene rings is 1. The fourth-order valence-electron chi connectivity index (χ4n) is 1.16. The number of aliphatic hydroxyl groups excluding tert-OH is 2. The van der Waals surface area contributed by atoms with Crippen LogP contribution in [0.1, 0.15) is 22.0 Å². The first-order valence-electron chi connectivity index (χ1n) is 4.25. The van der Waals surface area contributed by atoms with Gasteiger partial charge in [0, 0.05) is 4.47 Å². The topological polar surface area (TPSA) is 102 Å². The van der Waals surface area contributed by atoms with E-state index < -0.39 is 18.2 Å². The molecule has 0 radical (unpaired) electrons. The SMILES string of the molecule is N#CC(O)C(O)c1cc(Br)cc(C(=O)O)c1. The summed E-state index contributed by atoms with van der Waals surface area (Å²) in [7, 11) is 0. The molecule has 0 aliphatic carbocycles. The molecular weight excluding hydrogens is 278 g/mol. The lowest BCUT2D eigenvalue weighted by atomic mass is 10.0. The molecule has 16 heavy (non-hydrogen) atoms. The fraction of sp³-hybridized carbons (Fsp3) is 0.200. The van der Waals surface area contributed by atoms with Gasteiger partial charge in [0.25, 0.3) is 0 Å². The second-order valence-electron chi connectivity index (χ2n) is 3.10. The standard InChI is InChI=1S/C10H8BrNO4/c11-7-2-5(9(14)8(13)4-12)1-6(3-7)10(15)16/h1-3,8-9,13-14H,(H,15,16). The van der Waals surface area contributed by atoms with Gasteiger partial charge in [0.1, 0.15) is 6.10 Å². The summed E-state index contributed by atoms with van der Waals surface area (Å²) in [4.78, 5) is 10.7. The molecule has 1 rings (SSSR count). The molecule has 2 unspecified atom stereocenters. The van der Waals surface area contributed by atoms with E-state index in [9.17, 15) is 9.90 Å². The van der Waals surface area contributed by atoms with E-state index in [1.165, 1.54) is 24.3 Å². The Morgan fingerprint density at radius 3 is 2.50 bits per heavy atom. The highest BCUT2D eigenvalue weighted by atomic mass is 79.9. The summed E-state index contributed by atoms with van der Waals surface area (Å²) < 4.78 is 0.451. The van der Waals surface area contributed by atoms with Crippen molar-refractivity contribution >= 4 is 21.9 Å². The van der Waals surface area contributed by atoms with E-state index in [0.29, 0.717) is 4.47 Å². The summed E-state index contributed by atoms with van der Waals surface area (Å²) >= 11 is 3.08. The third-order valence-electron chi connectivity index (χ3n) is 1.94. The lowest BCUT2D eigenvalue weighted by Gasteiger charge is -2.13. The van der Waals surface area contributed by atoms with E-state index >= 15 is 0 Å². The molecular formula is C10H8BrNO4. The summed E-state index contributed by atoms with van der Waals surface area (Å²) in [6, 6.07) is 5.48. The number of carbonyl (C=O) groups is 1. The number of nitriles is 1. The molecule has 0 bridgehead atoms. The highest BCUT2D eigenvalue weighted by molar-refractivity contribution is 9.10. The summed E-state index contributed by atoms with van der Waals surface area (Å²) in [6.45, 7) is 0. The number of nitrogens with zero attached hydrogens (tertiary/aromatic N) is 1. The van der Waals surface area contributed by atoms with Crippen LogP contribution in [0.4, 0.5) is 0 Å². The number of rotatable bonds is 3. The molecule has 0 saturated heterocycles. The van der Waals surface area contributed by atoms with Crippen molar-refractivity contribution in [3.05, 3.63) is 33.8 Å². The summed E-state index contributed by atoms with van der Waals surface area (Å²) in [5.74, 6) is -1.15. The molecule has 0 aromatic heterocycles. The molecule has 0 saturated carbocycles. The Bertz CT molecular complexity index is 455. The van der Waals surface area contributed by atoms with Gasteiger partial charge in [-0.3, -0.25) is 0 Å². The van der Waals surface area contributed by atoms with Crippen LogP contribution in [0, 0.1) is 11.3 Å². The van der Waals surface area contributed by atoms with Gasteiger partial charge in [-0.25, -0.2) is 4.79 Å².